The SMILES string of the molecule is CN/N=C(\C)C1(C)N(O)C(C)(C)C(C)=[N+]1[O-]. The molecule has 0 spiro atoms. The molecular weight excluding hydrogens is 208 g/mol. The zero-order valence-corrected chi connectivity index (χ0v) is 10.7. The van der Waals surface area contributed by atoms with Gasteiger partial charge in [-0.05, 0) is 20.8 Å². The maximum atomic E-state index is 12.1. The van der Waals surface area contributed by atoms with Gasteiger partial charge in [-0.3, -0.25) is 0 Å². The fourth-order valence-electron chi connectivity index (χ4n) is 1.93. The highest BCUT2D eigenvalue weighted by Crippen LogP contribution is 2.33. The molecule has 0 saturated carbocycles. The summed E-state index contributed by atoms with van der Waals surface area (Å²) in [5.74, 6) is 0. The minimum Gasteiger partial charge on any atom is -0.622 e. The fraction of sp³-hybridized carbons (Fsp3) is 0.800. The Balaban J connectivity index is 3.32. The summed E-state index contributed by atoms with van der Waals surface area (Å²) < 4.78 is 0.809. The van der Waals surface area contributed by atoms with Crippen LogP contribution in [0.1, 0.15) is 34.6 Å². The maximum Gasteiger partial charge on any atom is 0.288 e. The van der Waals surface area contributed by atoms with Crippen LogP contribution in [0.3, 0.4) is 0 Å². The van der Waals surface area contributed by atoms with E-state index in [4.69, 9.17) is 0 Å². The van der Waals surface area contributed by atoms with Crippen molar-refractivity contribution in [1.29, 1.82) is 0 Å². The second-order valence-electron chi connectivity index (χ2n) is 4.69. The second kappa shape index (κ2) is 3.71. The molecule has 0 amide bonds. The molecule has 1 atom stereocenters. The minimum absolute atomic E-state index is 0.512. The molecule has 1 rings (SSSR count). The Hall–Kier alpha value is -1.14. The Bertz CT molecular complexity index is 362. The van der Waals surface area contributed by atoms with Crippen LogP contribution in [-0.4, -0.2) is 44.7 Å². The highest BCUT2D eigenvalue weighted by molar-refractivity contribution is 5.95. The van der Waals surface area contributed by atoms with E-state index in [2.05, 4.69) is 10.5 Å². The van der Waals surface area contributed by atoms with Crippen molar-refractivity contribution in [3.8, 4) is 0 Å². The summed E-state index contributed by atoms with van der Waals surface area (Å²) in [5, 5.41) is 27.4. The standard InChI is InChI=1S/C10H20N4O2/c1-7(12-11-6)10(5)13(15)8(2)9(3,4)14(10)16/h11,16H,1-6H3/b12-7+. The molecule has 0 radical (unpaired) electrons. The van der Waals surface area contributed by atoms with E-state index in [0.717, 1.165) is 9.80 Å². The first-order chi connectivity index (χ1) is 7.20. The van der Waals surface area contributed by atoms with E-state index in [1.165, 1.54) is 0 Å². The van der Waals surface area contributed by atoms with Crippen molar-refractivity contribution in [3.63, 3.8) is 0 Å². The lowest BCUT2D eigenvalue weighted by Gasteiger charge is -2.32. The molecule has 0 bridgehead atoms. The quantitative estimate of drug-likeness (QED) is 0.316. The molecule has 0 aromatic heterocycles. The van der Waals surface area contributed by atoms with Gasteiger partial charge in [-0.25, -0.2) is 0 Å². The first-order valence-corrected chi connectivity index (χ1v) is 5.22. The Labute approximate surface area is 95.8 Å². The predicted octanol–water partition coefficient (Wildman–Crippen LogP) is 0.753. The summed E-state index contributed by atoms with van der Waals surface area (Å²) in [6.07, 6.45) is 0. The molecule has 0 saturated heterocycles. The van der Waals surface area contributed by atoms with Gasteiger partial charge in [-0.15, -0.1) is 5.06 Å². The molecule has 16 heavy (non-hydrogen) atoms. The zero-order chi connectivity index (χ0) is 12.7. The molecule has 6 heteroatoms. The molecule has 1 aliphatic rings. The van der Waals surface area contributed by atoms with Gasteiger partial charge in [0.2, 0.25) is 0 Å². The number of nitrogens with one attached hydrogen (secondary N) is 1. The van der Waals surface area contributed by atoms with E-state index in [1.54, 1.807) is 41.7 Å². The number of nitrogens with zero attached hydrogens (tertiary/aromatic N) is 3. The topological polar surface area (TPSA) is 73.9 Å². The molecular formula is C10H20N4O2. The molecule has 92 valence electrons. The van der Waals surface area contributed by atoms with Crippen molar-refractivity contribution in [2.24, 2.45) is 5.10 Å². The molecule has 0 aliphatic carbocycles. The van der Waals surface area contributed by atoms with E-state index in [-0.39, 0.29) is 0 Å². The van der Waals surface area contributed by atoms with Gasteiger partial charge in [0.15, 0.2) is 5.71 Å². The summed E-state index contributed by atoms with van der Waals surface area (Å²) in [6, 6.07) is 0. The van der Waals surface area contributed by atoms with E-state index < -0.39 is 11.2 Å². The lowest BCUT2D eigenvalue weighted by Crippen LogP contribution is -2.57. The molecule has 0 aromatic rings. The number of hydrazone groups is 1. The Morgan fingerprint density at radius 2 is 2.00 bits per heavy atom. The monoisotopic (exact) mass is 228 g/mol. The minimum atomic E-state index is -1.16. The smallest absolute Gasteiger partial charge is 0.288 e. The number of hydrogen-bond donors (Lipinski definition) is 2. The largest absolute Gasteiger partial charge is 0.622 e. The Morgan fingerprint density at radius 1 is 1.50 bits per heavy atom. The van der Waals surface area contributed by atoms with E-state index in [9.17, 15) is 10.4 Å². The number of hydrogen-bond acceptors (Lipinski definition) is 5. The third-order valence-corrected chi connectivity index (χ3v) is 3.49. The average Bonchev–Trinajstić information content (AvgIpc) is 2.34. The van der Waals surface area contributed by atoms with Crippen LogP contribution in [0.15, 0.2) is 5.10 Å². The summed E-state index contributed by atoms with van der Waals surface area (Å²) in [7, 11) is 1.65. The maximum absolute atomic E-state index is 12.1. The number of hydroxylamine groups is 3. The average molecular weight is 228 g/mol. The van der Waals surface area contributed by atoms with Crippen LogP contribution in [0.5, 0.6) is 0 Å². The van der Waals surface area contributed by atoms with E-state index in [1.807, 2.05) is 0 Å². The molecule has 6 nitrogen and oxygen atoms in total. The summed E-state index contributed by atoms with van der Waals surface area (Å²) in [5.41, 5.74) is 1.85. The second-order valence-corrected chi connectivity index (χ2v) is 4.69. The van der Waals surface area contributed by atoms with Gasteiger partial charge in [0, 0.05) is 20.9 Å². The van der Waals surface area contributed by atoms with Gasteiger partial charge < -0.3 is 15.8 Å². The van der Waals surface area contributed by atoms with Crippen molar-refractivity contribution in [2.75, 3.05) is 7.05 Å². The lowest BCUT2D eigenvalue weighted by atomic mass is 9.99. The first-order valence-electron chi connectivity index (χ1n) is 5.22. The summed E-state index contributed by atoms with van der Waals surface area (Å²) in [6.45, 7) is 8.66. The van der Waals surface area contributed by atoms with Crippen molar-refractivity contribution < 1.29 is 9.95 Å². The zero-order valence-electron chi connectivity index (χ0n) is 10.7. The van der Waals surface area contributed by atoms with Crippen LogP contribution >= 0.6 is 0 Å². The first kappa shape index (κ1) is 12.9. The van der Waals surface area contributed by atoms with Crippen LogP contribution in [0.2, 0.25) is 0 Å². The third-order valence-electron chi connectivity index (χ3n) is 3.49. The van der Waals surface area contributed by atoms with Crippen LogP contribution in [-0.2, 0) is 0 Å². The molecule has 1 unspecified atom stereocenters. The van der Waals surface area contributed by atoms with Gasteiger partial charge in [-0.2, -0.15) is 9.84 Å². The van der Waals surface area contributed by atoms with Gasteiger partial charge >= 0.3 is 0 Å². The van der Waals surface area contributed by atoms with Gasteiger partial charge in [0.1, 0.15) is 11.3 Å². The molecule has 0 fully saturated rings. The highest BCUT2D eigenvalue weighted by Gasteiger charge is 2.59. The molecule has 2 N–H and O–H groups in total. The van der Waals surface area contributed by atoms with Crippen molar-refractivity contribution in [1.82, 2.24) is 10.5 Å². The highest BCUT2D eigenvalue weighted by atomic mass is 16.6. The van der Waals surface area contributed by atoms with Gasteiger partial charge in [-0.1, -0.05) is 0 Å². The molecule has 0 aromatic carbocycles. The van der Waals surface area contributed by atoms with Gasteiger partial charge in [0.25, 0.3) is 5.66 Å². The fourth-order valence-corrected chi connectivity index (χ4v) is 1.93. The predicted molar refractivity (Wildman–Crippen MR) is 62.6 cm³/mol. The molecule has 1 heterocycles. The number of rotatable bonds is 2. The summed E-state index contributed by atoms with van der Waals surface area (Å²) >= 11 is 0. The van der Waals surface area contributed by atoms with Crippen molar-refractivity contribution >= 4 is 11.4 Å². The lowest BCUT2D eigenvalue weighted by molar-refractivity contribution is -0.561. The van der Waals surface area contributed by atoms with Crippen LogP contribution in [0, 0.1) is 5.21 Å². The summed E-state index contributed by atoms with van der Waals surface area (Å²) in [4.78, 5) is 0. The van der Waals surface area contributed by atoms with E-state index >= 15 is 0 Å². The van der Waals surface area contributed by atoms with E-state index in [0.29, 0.717) is 11.4 Å². The third kappa shape index (κ3) is 1.41. The van der Waals surface area contributed by atoms with Crippen molar-refractivity contribution in [3.05, 3.63) is 5.21 Å². The van der Waals surface area contributed by atoms with Crippen LogP contribution in [0.4, 0.5) is 0 Å². The van der Waals surface area contributed by atoms with Crippen molar-refractivity contribution in [2.45, 2.75) is 45.8 Å². The van der Waals surface area contributed by atoms with Crippen LogP contribution in [0.25, 0.3) is 0 Å². The van der Waals surface area contributed by atoms with Crippen LogP contribution < -0.4 is 5.43 Å². The molecule has 1 aliphatic heterocycles. The Kier molecular flexibility index (Phi) is 3.00. The Morgan fingerprint density at radius 3 is 2.31 bits per heavy atom. The van der Waals surface area contributed by atoms with Gasteiger partial charge in [0.05, 0.1) is 0 Å². The normalized spacial score (nSPS) is 31.1.